The Bertz CT molecular complexity index is 313. The van der Waals surface area contributed by atoms with Crippen molar-refractivity contribution in [3.63, 3.8) is 0 Å². The first-order chi connectivity index (χ1) is 9.59. The first-order valence-electron chi connectivity index (χ1n) is 8.35. The lowest BCUT2D eigenvalue weighted by atomic mass is 9.93. The van der Waals surface area contributed by atoms with Crippen molar-refractivity contribution >= 4 is 5.91 Å². The lowest BCUT2D eigenvalue weighted by Gasteiger charge is -2.40. The Hall–Kier alpha value is -0.610. The topological polar surface area (TPSA) is 35.6 Å². The van der Waals surface area contributed by atoms with Gasteiger partial charge in [0.15, 0.2) is 0 Å². The molecule has 1 amide bonds. The number of piperazine rings is 1. The molecule has 0 spiro atoms. The van der Waals surface area contributed by atoms with Crippen LogP contribution in [-0.4, -0.2) is 60.0 Å². The molecule has 1 atom stereocenters. The number of nitrogens with one attached hydrogen (secondary N) is 1. The van der Waals surface area contributed by atoms with Crippen LogP contribution in [0.4, 0.5) is 0 Å². The van der Waals surface area contributed by atoms with Gasteiger partial charge < -0.3 is 10.2 Å². The molecule has 4 heteroatoms. The van der Waals surface area contributed by atoms with Crippen molar-refractivity contribution in [1.82, 2.24) is 15.1 Å². The van der Waals surface area contributed by atoms with Crippen molar-refractivity contribution in [3.05, 3.63) is 0 Å². The van der Waals surface area contributed by atoms with Crippen molar-refractivity contribution in [3.8, 4) is 0 Å². The Labute approximate surface area is 123 Å². The molecule has 1 saturated carbocycles. The van der Waals surface area contributed by atoms with Crippen molar-refractivity contribution in [1.29, 1.82) is 0 Å². The van der Waals surface area contributed by atoms with Crippen LogP contribution in [-0.2, 0) is 4.79 Å². The quantitative estimate of drug-likeness (QED) is 0.854. The third kappa shape index (κ3) is 3.95. The van der Waals surface area contributed by atoms with Gasteiger partial charge in [-0.1, -0.05) is 19.3 Å². The molecule has 20 heavy (non-hydrogen) atoms. The van der Waals surface area contributed by atoms with E-state index in [0.29, 0.717) is 30.6 Å². The van der Waals surface area contributed by atoms with Gasteiger partial charge in [-0.15, -0.1) is 0 Å². The van der Waals surface area contributed by atoms with Crippen LogP contribution in [0.25, 0.3) is 0 Å². The molecule has 0 aromatic rings. The molecule has 2 fully saturated rings. The van der Waals surface area contributed by atoms with Gasteiger partial charge in [0.25, 0.3) is 0 Å². The van der Waals surface area contributed by atoms with E-state index in [1.165, 1.54) is 32.1 Å². The minimum absolute atomic E-state index is 0.323. The summed E-state index contributed by atoms with van der Waals surface area (Å²) in [7, 11) is 0. The molecule has 0 radical (unpaired) electrons. The van der Waals surface area contributed by atoms with Crippen LogP contribution in [0.2, 0.25) is 0 Å². The molecule has 1 saturated heterocycles. The fourth-order valence-corrected chi connectivity index (χ4v) is 3.65. The van der Waals surface area contributed by atoms with E-state index >= 15 is 0 Å². The van der Waals surface area contributed by atoms with E-state index in [0.717, 1.165) is 19.6 Å². The van der Waals surface area contributed by atoms with Crippen molar-refractivity contribution in [2.24, 2.45) is 0 Å². The minimum atomic E-state index is 0.323. The maximum atomic E-state index is 12.8. The number of carbonyl (C=O) groups is 1. The predicted octanol–water partition coefficient (Wildman–Crippen LogP) is 1.85. The zero-order chi connectivity index (χ0) is 14.5. The molecule has 2 aliphatic rings. The maximum Gasteiger partial charge on any atom is 0.237 e. The smallest absolute Gasteiger partial charge is 0.237 e. The monoisotopic (exact) mass is 281 g/mol. The second-order valence-corrected chi connectivity index (χ2v) is 6.71. The summed E-state index contributed by atoms with van der Waals surface area (Å²) in [6.45, 7) is 10.1. The van der Waals surface area contributed by atoms with E-state index in [1.807, 2.05) is 0 Å². The normalized spacial score (nSPS) is 25.9. The summed E-state index contributed by atoms with van der Waals surface area (Å²) in [5, 5.41) is 3.39. The van der Waals surface area contributed by atoms with Crippen LogP contribution in [0.1, 0.15) is 52.9 Å². The van der Waals surface area contributed by atoms with Crippen LogP contribution in [0.15, 0.2) is 0 Å². The summed E-state index contributed by atoms with van der Waals surface area (Å²) in [5.41, 5.74) is 0. The number of hydrogen-bond acceptors (Lipinski definition) is 3. The standard InChI is InChI=1S/C16H31N3O/c1-13(2)19(15-7-5-4-6-8-15)16(20)12-18-10-9-17-11-14(18)3/h13-15,17H,4-12H2,1-3H3. The zero-order valence-electron chi connectivity index (χ0n) is 13.4. The fourth-order valence-electron chi connectivity index (χ4n) is 3.65. The van der Waals surface area contributed by atoms with Gasteiger partial charge in [0.1, 0.15) is 0 Å². The van der Waals surface area contributed by atoms with Crippen LogP contribution < -0.4 is 5.32 Å². The van der Waals surface area contributed by atoms with Crippen molar-refractivity contribution < 1.29 is 4.79 Å². The van der Waals surface area contributed by atoms with Gasteiger partial charge >= 0.3 is 0 Å². The number of amides is 1. The molecule has 2 rings (SSSR count). The molecule has 1 aliphatic carbocycles. The summed E-state index contributed by atoms with van der Waals surface area (Å²) < 4.78 is 0. The summed E-state index contributed by atoms with van der Waals surface area (Å²) in [6.07, 6.45) is 6.30. The molecule has 0 aromatic heterocycles. The Kier molecular flexibility index (Phi) is 5.85. The average molecular weight is 281 g/mol. The molecule has 0 aromatic carbocycles. The molecule has 116 valence electrons. The summed E-state index contributed by atoms with van der Waals surface area (Å²) in [4.78, 5) is 17.3. The Balaban J connectivity index is 1.95. The van der Waals surface area contributed by atoms with Gasteiger partial charge in [-0.05, 0) is 33.6 Å². The van der Waals surface area contributed by atoms with Crippen LogP contribution in [0.5, 0.6) is 0 Å². The van der Waals surface area contributed by atoms with E-state index < -0.39 is 0 Å². The molecular weight excluding hydrogens is 250 g/mol. The van der Waals surface area contributed by atoms with Gasteiger partial charge in [-0.3, -0.25) is 9.69 Å². The molecule has 1 aliphatic heterocycles. The van der Waals surface area contributed by atoms with Gasteiger partial charge in [0.2, 0.25) is 5.91 Å². The van der Waals surface area contributed by atoms with Crippen molar-refractivity contribution in [2.75, 3.05) is 26.2 Å². The highest BCUT2D eigenvalue weighted by Crippen LogP contribution is 2.24. The second kappa shape index (κ2) is 7.41. The third-order valence-electron chi connectivity index (χ3n) is 4.79. The molecule has 1 N–H and O–H groups in total. The minimum Gasteiger partial charge on any atom is -0.336 e. The van der Waals surface area contributed by atoms with E-state index in [9.17, 15) is 4.79 Å². The summed E-state index contributed by atoms with van der Waals surface area (Å²) in [5.74, 6) is 0.334. The zero-order valence-corrected chi connectivity index (χ0v) is 13.4. The predicted molar refractivity (Wildman–Crippen MR) is 82.8 cm³/mol. The van der Waals surface area contributed by atoms with Gasteiger partial charge in [-0.2, -0.15) is 0 Å². The van der Waals surface area contributed by atoms with Gasteiger partial charge in [0.05, 0.1) is 6.54 Å². The Morgan fingerprint density at radius 2 is 2.00 bits per heavy atom. The first-order valence-corrected chi connectivity index (χ1v) is 8.35. The van der Waals surface area contributed by atoms with E-state index in [2.05, 4.69) is 35.9 Å². The summed E-state index contributed by atoms with van der Waals surface area (Å²) >= 11 is 0. The highest BCUT2D eigenvalue weighted by Gasteiger charge is 2.30. The van der Waals surface area contributed by atoms with Gasteiger partial charge in [0, 0.05) is 37.8 Å². The molecule has 1 unspecified atom stereocenters. The van der Waals surface area contributed by atoms with Crippen LogP contribution in [0, 0.1) is 0 Å². The van der Waals surface area contributed by atoms with Crippen molar-refractivity contribution in [2.45, 2.75) is 71.0 Å². The number of hydrogen-bond donors (Lipinski definition) is 1. The first kappa shape index (κ1) is 15.8. The van der Waals surface area contributed by atoms with Crippen LogP contribution in [0.3, 0.4) is 0 Å². The third-order valence-corrected chi connectivity index (χ3v) is 4.79. The highest BCUT2D eigenvalue weighted by atomic mass is 16.2. The number of nitrogens with zero attached hydrogens (tertiary/aromatic N) is 2. The highest BCUT2D eigenvalue weighted by molar-refractivity contribution is 5.79. The largest absolute Gasteiger partial charge is 0.336 e. The maximum absolute atomic E-state index is 12.8. The van der Waals surface area contributed by atoms with E-state index in [1.54, 1.807) is 0 Å². The Morgan fingerprint density at radius 1 is 1.30 bits per heavy atom. The Morgan fingerprint density at radius 3 is 2.60 bits per heavy atom. The molecule has 4 nitrogen and oxygen atoms in total. The lowest BCUT2D eigenvalue weighted by Crippen LogP contribution is -2.55. The summed E-state index contributed by atoms with van der Waals surface area (Å²) in [6, 6.07) is 1.27. The molecular formula is C16H31N3O. The van der Waals surface area contributed by atoms with Gasteiger partial charge in [-0.25, -0.2) is 0 Å². The number of carbonyl (C=O) groups excluding carboxylic acids is 1. The fraction of sp³-hybridized carbons (Fsp3) is 0.938. The SMILES string of the molecule is CC1CNCCN1CC(=O)N(C(C)C)C1CCCCC1. The molecule has 1 heterocycles. The molecule has 0 bridgehead atoms. The lowest BCUT2D eigenvalue weighted by molar-refractivity contribution is -0.138. The van der Waals surface area contributed by atoms with E-state index in [-0.39, 0.29) is 0 Å². The van der Waals surface area contributed by atoms with E-state index in [4.69, 9.17) is 0 Å². The average Bonchev–Trinajstić information content (AvgIpc) is 2.42. The van der Waals surface area contributed by atoms with Crippen LogP contribution >= 0.6 is 0 Å². The second-order valence-electron chi connectivity index (χ2n) is 6.71. The number of rotatable bonds is 4.